The van der Waals surface area contributed by atoms with Crippen molar-refractivity contribution < 1.29 is 9.53 Å². The molecular formula is C9H10ClO2S. The molecule has 1 heterocycles. The van der Waals surface area contributed by atoms with Crippen molar-refractivity contribution >= 4 is 29.4 Å². The Morgan fingerprint density at radius 2 is 2.31 bits per heavy atom. The molecule has 13 heavy (non-hydrogen) atoms. The minimum absolute atomic E-state index is 0.450. The fraction of sp³-hybridized carbons (Fsp3) is 0.444. The van der Waals surface area contributed by atoms with E-state index in [0.29, 0.717) is 6.61 Å². The summed E-state index contributed by atoms with van der Waals surface area (Å²) in [6.45, 7) is 1.85. The lowest BCUT2D eigenvalue weighted by Gasteiger charge is -1.98. The van der Waals surface area contributed by atoms with Crippen molar-refractivity contribution in [2.24, 2.45) is 0 Å². The van der Waals surface area contributed by atoms with Gasteiger partial charge in [-0.1, -0.05) is 11.6 Å². The molecule has 2 nitrogen and oxygen atoms in total. The SMILES string of the molecule is O=[C]OCCCCc1cscc1Cl. The third kappa shape index (κ3) is 3.79. The third-order valence-electron chi connectivity index (χ3n) is 1.69. The summed E-state index contributed by atoms with van der Waals surface area (Å²) in [7, 11) is 0. The lowest BCUT2D eigenvalue weighted by Crippen LogP contribution is -1.92. The maximum absolute atomic E-state index is 9.68. The average molecular weight is 218 g/mol. The van der Waals surface area contributed by atoms with Crippen molar-refractivity contribution in [1.82, 2.24) is 0 Å². The molecule has 0 saturated heterocycles. The quantitative estimate of drug-likeness (QED) is 0.685. The molecule has 0 saturated carbocycles. The molecule has 0 aromatic carbocycles. The van der Waals surface area contributed by atoms with Gasteiger partial charge in [-0.05, 0) is 30.2 Å². The van der Waals surface area contributed by atoms with E-state index in [2.05, 4.69) is 10.1 Å². The van der Waals surface area contributed by atoms with E-state index < -0.39 is 0 Å². The molecule has 1 rings (SSSR count). The number of thiophene rings is 1. The second-order valence-electron chi connectivity index (χ2n) is 2.63. The maximum atomic E-state index is 9.68. The summed E-state index contributed by atoms with van der Waals surface area (Å²) in [5.74, 6) is 0. The maximum Gasteiger partial charge on any atom is 0.417 e. The molecule has 0 aliphatic rings. The van der Waals surface area contributed by atoms with E-state index in [-0.39, 0.29) is 0 Å². The lowest BCUT2D eigenvalue weighted by molar-refractivity contribution is 0.270. The Balaban J connectivity index is 2.13. The summed E-state index contributed by atoms with van der Waals surface area (Å²) in [5, 5.41) is 4.81. The molecule has 1 radical (unpaired) electrons. The van der Waals surface area contributed by atoms with Gasteiger partial charge in [0.2, 0.25) is 0 Å². The summed E-state index contributed by atoms with van der Waals surface area (Å²) >= 11 is 7.51. The molecule has 0 fully saturated rings. The van der Waals surface area contributed by atoms with Gasteiger partial charge in [0.05, 0.1) is 11.6 Å². The molecule has 0 aliphatic heterocycles. The van der Waals surface area contributed by atoms with Gasteiger partial charge in [0.15, 0.2) is 0 Å². The molecule has 0 aliphatic carbocycles. The van der Waals surface area contributed by atoms with Gasteiger partial charge in [-0.3, -0.25) is 0 Å². The predicted octanol–water partition coefficient (Wildman–Crippen LogP) is 2.81. The molecule has 0 amide bonds. The van der Waals surface area contributed by atoms with E-state index in [0.717, 1.165) is 24.3 Å². The number of unbranched alkanes of at least 4 members (excludes halogenated alkanes) is 1. The fourth-order valence-corrected chi connectivity index (χ4v) is 2.13. The Labute approximate surface area is 86.5 Å². The van der Waals surface area contributed by atoms with Crippen LogP contribution in [0.25, 0.3) is 0 Å². The number of carbonyl (C=O) groups excluding carboxylic acids is 1. The van der Waals surface area contributed by atoms with Crippen LogP contribution in [0.5, 0.6) is 0 Å². The van der Waals surface area contributed by atoms with Gasteiger partial charge < -0.3 is 4.74 Å². The Hall–Kier alpha value is -0.540. The van der Waals surface area contributed by atoms with Crippen LogP contribution in [0.1, 0.15) is 18.4 Å². The highest BCUT2D eigenvalue weighted by Crippen LogP contribution is 2.22. The summed E-state index contributed by atoms with van der Waals surface area (Å²) in [6, 6.07) is 0. The van der Waals surface area contributed by atoms with Crippen molar-refractivity contribution in [2.75, 3.05) is 6.61 Å². The zero-order chi connectivity index (χ0) is 9.52. The highest BCUT2D eigenvalue weighted by atomic mass is 35.5. The van der Waals surface area contributed by atoms with Gasteiger partial charge in [0.25, 0.3) is 0 Å². The van der Waals surface area contributed by atoms with Crippen LogP contribution in [-0.2, 0) is 16.0 Å². The molecular weight excluding hydrogens is 208 g/mol. The Bertz CT molecular complexity index is 260. The van der Waals surface area contributed by atoms with Gasteiger partial charge in [0, 0.05) is 5.38 Å². The van der Waals surface area contributed by atoms with Gasteiger partial charge in [-0.25, -0.2) is 4.79 Å². The predicted molar refractivity (Wildman–Crippen MR) is 53.9 cm³/mol. The average Bonchev–Trinajstić information content (AvgIpc) is 2.52. The molecule has 1 aromatic heterocycles. The van der Waals surface area contributed by atoms with E-state index in [4.69, 9.17) is 11.6 Å². The van der Waals surface area contributed by atoms with Crippen LogP contribution in [0.15, 0.2) is 10.8 Å². The normalized spacial score (nSPS) is 9.92. The zero-order valence-corrected chi connectivity index (χ0v) is 8.66. The topological polar surface area (TPSA) is 26.3 Å². The molecule has 0 spiro atoms. The lowest BCUT2D eigenvalue weighted by atomic mass is 10.1. The van der Waals surface area contributed by atoms with Crippen LogP contribution in [0, 0.1) is 0 Å². The van der Waals surface area contributed by atoms with Crippen molar-refractivity contribution in [3.63, 3.8) is 0 Å². The smallest absolute Gasteiger partial charge is 0.417 e. The standard InChI is InChI=1S/C9H10ClO2S/c10-9-6-13-5-8(9)3-1-2-4-12-7-11/h5-6H,1-4H2. The van der Waals surface area contributed by atoms with E-state index in [1.165, 1.54) is 12.0 Å². The van der Waals surface area contributed by atoms with Crippen LogP contribution in [0.3, 0.4) is 0 Å². The van der Waals surface area contributed by atoms with Crippen molar-refractivity contribution in [2.45, 2.75) is 19.3 Å². The van der Waals surface area contributed by atoms with Crippen LogP contribution < -0.4 is 0 Å². The number of hydrogen-bond acceptors (Lipinski definition) is 3. The Kier molecular flexibility index (Phi) is 4.86. The first-order valence-electron chi connectivity index (χ1n) is 4.04. The highest BCUT2D eigenvalue weighted by Gasteiger charge is 2.00. The van der Waals surface area contributed by atoms with Crippen molar-refractivity contribution in [3.8, 4) is 0 Å². The molecule has 1 aromatic rings. The molecule has 0 N–H and O–H groups in total. The molecule has 71 valence electrons. The van der Waals surface area contributed by atoms with Crippen molar-refractivity contribution in [3.05, 3.63) is 21.3 Å². The summed E-state index contributed by atoms with van der Waals surface area (Å²) in [4.78, 5) is 9.68. The first-order chi connectivity index (χ1) is 6.34. The number of aryl methyl sites for hydroxylation is 1. The van der Waals surface area contributed by atoms with E-state index in [1.54, 1.807) is 11.3 Å². The van der Waals surface area contributed by atoms with Gasteiger partial charge in [0.1, 0.15) is 0 Å². The first-order valence-corrected chi connectivity index (χ1v) is 5.36. The van der Waals surface area contributed by atoms with Crippen molar-refractivity contribution in [1.29, 1.82) is 0 Å². The zero-order valence-electron chi connectivity index (χ0n) is 7.09. The van der Waals surface area contributed by atoms with Crippen LogP contribution in [0.4, 0.5) is 0 Å². The van der Waals surface area contributed by atoms with Gasteiger partial charge >= 0.3 is 6.47 Å². The monoisotopic (exact) mass is 217 g/mol. The molecule has 0 unspecified atom stereocenters. The second-order valence-corrected chi connectivity index (χ2v) is 3.78. The van der Waals surface area contributed by atoms with Gasteiger partial charge in [-0.2, -0.15) is 11.3 Å². The highest BCUT2D eigenvalue weighted by molar-refractivity contribution is 7.08. The Morgan fingerprint density at radius 3 is 2.92 bits per heavy atom. The van der Waals surface area contributed by atoms with E-state index >= 15 is 0 Å². The summed E-state index contributed by atoms with van der Waals surface area (Å²) in [5.41, 5.74) is 1.18. The first kappa shape index (κ1) is 10.5. The largest absolute Gasteiger partial charge is 0.457 e. The summed E-state index contributed by atoms with van der Waals surface area (Å²) < 4.78 is 4.45. The van der Waals surface area contributed by atoms with Crippen LogP contribution in [-0.4, -0.2) is 13.1 Å². The number of hydrogen-bond donors (Lipinski definition) is 0. The van der Waals surface area contributed by atoms with Gasteiger partial charge in [-0.15, -0.1) is 0 Å². The van der Waals surface area contributed by atoms with E-state index in [9.17, 15) is 4.79 Å². The molecule has 0 atom stereocenters. The summed E-state index contributed by atoms with van der Waals surface area (Å²) in [6.07, 6.45) is 2.80. The van der Waals surface area contributed by atoms with E-state index in [1.807, 2.05) is 5.38 Å². The molecule has 4 heteroatoms. The number of halogens is 1. The molecule has 0 bridgehead atoms. The second kappa shape index (κ2) is 6.00. The Morgan fingerprint density at radius 1 is 1.46 bits per heavy atom. The van der Waals surface area contributed by atoms with Crippen LogP contribution >= 0.6 is 22.9 Å². The number of rotatable bonds is 6. The third-order valence-corrected chi connectivity index (χ3v) is 2.96. The minimum atomic E-state index is 0.450. The minimum Gasteiger partial charge on any atom is -0.457 e. The fourth-order valence-electron chi connectivity index (χ4n) is 1.02. The number of ether oxygens (including phenoxy) is 1. The van der Waals surface area contributed by atoms with Crippen LogP contribution in [0.2, 0.25) is 5.02 Å².